The number of hydrogen-bond donors (Lipinski definition) is 1. The minimum absolute atomic E-state index is 0.0267. The molecule has 1 aliphatic rings. The Labute approximate surface area is 141 Å². The van der Waals surface area contributed by atoms with E-state index in [4.69, 9.17) is 16.3 Å². The van der Waals surface area contributed by atoms with Crippen molar-refractivity contribution in [1.29, 1.82) is 0 Å². The van der Waals surface area contributed by atoms with Crippen LogP contribution in [-0.2, 0) is 16.1 Å². The highest BCUT2D eigenvalue weighted by Crippen LogP contribution is 2.23. The zero-order chi connectivity index (χ0) is 15.9. The molecule has 1 amide bonds. The van der Waals surface area contributed by atoms with E-state index in [-0.39, 0.29) is 5.91 Å². The van der Waals surface area contributed by atoms with Gasteiger partial charge >= 0.3 is 0 Å². The van der Waals surface area contributed by atoms with Crippen LogP contribution in [0.5, 0.6) is 0 Å². The van der Waals surface area contributed by atoms with Gasteiger partial charge < -0.3 is 10.1 Å². The average Bonchev–Trinajstić information content (AvgIpc) is 2.51. The number of benzene rings is 1. The van der Waals surface area contributed by atoms with E-state index < -0.39 is 0 Å². The van der Waals surface area contributed by atoms with Crippen LogP contribution in [0.4, 0.5) is 5.69 Å². The van der Waals surface area contributed by atoms with Crippen molar-refractivity contribution >= 4 is 35.0 Å². The molecule has 1 aromatic rings. The number of rotatable bonds is 6. The van der Waals surface area contributed by atoms with Gasteiger partial charge in [-0.2, -0.15) is 11.8 Å². The highest BCUT2D eigenvalue weighted by atomic mass is 35.5. The van der Waals surface area contributed by atoms with Gasteiger partial charge in [0.2, 0.25) is 5.91 Å². The molecule has 0 unspecified atom stereocenters. The second-order valence-corrected chi connectivity index (χ2v) is 7.18. The standard InChI is InChI=1S/C16H23ClN2O2S/c1-12(22-2)9-16(20)18-14-4-3-13(15(17)10-14)11-19-5-7-21-8-6-19/h3-4,10,12H,5-9,11H2,1-2H3,(H,18,20)/t12-/m1/s1. The van der Waals surface area contributed by atoms with Crippen molar-refractivity contribution in [3.8, 4) is 0 Å². The number of halogens is 1. The Hall–Kier alpha value is -0.750. The number of thioether (sulfide) groups is 1. The number of carbonyl (C=O) groups excluding carboxylic acids is 1. The summed E-state index contributed by atoms with van der Waals surface area (Å²) in [5, 5.41) is 3.92. The van der Waals surface area contributed by atoms with Gasteiger partial charge in [0.1, 0.15) is 0 Å². The lowest BCUT2D eigenvalue weighted by atomic mass is 10.1. The summed E-state index contributed by atoms with van der Waals surface area (Å²) in [6.07, 6.45) is 2.52. The van der Waals surface area contributed by atoms with Crippen LogP contribution in [0.2, 0.25) is 5.02 Å². The molecule has 2 rings (SSSR count). The van der Waals surface area contributed by atoms with Crippen LogP contribution >= 0.6 is 23.4 Å². The van der Waals surface area contributed by atoms with E-state index in [9.17, 15) is 4.79 Å². The molecule has 0 bridgehead atoms. The van der Waals surface area contributed by atoms with Gasteiger partial charge in [0, 0.05) is 42.0 Å². The summed E-state index contributed by atoms with van der Waals surface area (Å²) in [6.45, 7) is 6.28. The predicted octanol–water partition coefficient (Wildman–Crippen LogP) is 3.25. The van der Waals surface area contributed by atoms with E-state index in [1.54, 1.807) is 11.8 Å². The summed E-state index contributed by atoms with van der Waals surface area (Å²) in [7, 11) is 0. The van der Waals surface area contributed by atoms with E-state index in [0.29, 0.717) is 16.7 Å². The summed E-state index contributed by atoms with van der Waals surface area (Å²) >= 11 is 8.04. The topological polar surface area (TPSA) is 41.6 Å². The Morgan fingerprint density at radius 1 is 1.45 bits per heavy atom. The number of carbonyl (C=O) groups is 1. The molecule has 0 aromatic heterocycles. The largest absolute Gasteiger partial charge is 0.379 e. The molecular formula is C16H23ClN2O2S. The van der Waals surface area contributed by atoms with Gasteiger partial charge in [-0.05, 0) is 24.0 Å². The van der Waals surface area contributed by atoms with E-state index in [1.165, 1.54) is 0 Å². The fourth-order valence-corrected chi connectivity index (χ4v) is 2.87. The second kappa shape index (κ2) is 8.77. The lowest BCUT2D eigenvalue weighted by Crippen LogP contribution is -2.35. The fourth-order valence-electron chi connectivity index (χ4n) is 2.31. The van der Waals surface area contributed by atoms with Crippen molar-refractivity contribution in [1.82, 2.24) is 4.90 Å². The molecule has 4 nitrogen and oxygen atoms in total. The molecule has 22 heavy (non-hydrogen) atoms. The first-order valence-corrected chi connectivity index (χ1v) is 9.16. The number of nitrogens with one attached hydrogen (secondary N) is 1. The third-order valence-electron chi connectivity index (χ3n) is 3.71. The molecule has 1 aromatic carbocycles. The normalized spacial score (nSPS) is 17.2. The third kappa shape index (κ3) is 5.47. The molecule has 0 saturated carbocycles. The number of morpholine rings is 1. The Bertz CT molecular complexity index is 507. The van der Waals surface area contributed by atoms with Crippen LogP contribution < -0.4 is 5.32 Å². The van der Waals surface area contributed by atoms with Crippen LogP contribution in [0, 0.1) is 0 Å². The molecule has 0 radical (unpaired) electrons. The van der Waals surface area contributed by atoms with Gasteiger partial charge in [-0.3, -0.25) is 9.69 Å². The molecule has 1 aliphatic heterocycles. The highest BCUT2D eigenvalue weighted by Gasteiger charge is 2.13. The van der Waals surface area contributed by atoms with E-state index in [0.717, 1.165) is 44.1 Å². The maximum Gasteiger partial charge on any atom is 0.225 e. The number of anilines is 1. The molecule has 1 heterocycles. The Kier molecular flexibility index (Phi) is 7.02. The quantitative estimate of drug-likeness (QED) is 0.861. The smallest absolute Gasteiger partial charge is 0.225 e. The minimum Gasteiger partial charge on any atom is -0.379 e. The van der Waals surface area contributed by atoms with Crippen molar-refractivity contribution in [3.05, 3.63) is 28.8 Å². The van der Waals surface area contributed by atoms with Gasteiger partial charge in [0.15, 0.2) is 0 Å². The van der Waals surface area contributed by atoms with Gasteiger partial charge in [0.05, 0.1) is 13.2 Å². The molecular weight excluding hydrogens is 320 g/mol. The number of nitrogens with zero attached hydrogens (tertiary/aromatic N) is 1. The number of ether oxygens (including phenoxy) is 1. The molecule has 1 saturated heterocycles. The van der Waals surface area contributed by atoms with Gasteiger partial charge in [-0.15, -0.1) is 0 Å². The maximum absolute atomic E-state index is 11.9. The van der Waals surface area contributed by atoms with Gasteiger partial charge in [0.25, 0.3) is 0 Å². The van der Waals surface area contributed by atoms with Crippen LogP contribution in [0.3, 0.4) is 0 Å². The molecule has 122 valence electrons. The van der Waals surface area contributed by atoms with Crippen LogP contribution in [-0.4, -0.2) is 48.6 Å². The molecule has 1 N–H and O–H groups in total. The molecule has 0 spiro atoms. The lowest BCUT2D eigenvalue weighted by Gasteiger charge is -2.27. The minimum atomic E-state index is 0.0267. The van der Waals surface area contributed by atoms with Crippen LogP contribution in [0.25, 0.3) is 0 Å². The maximum atomic E-state index is 11.9. The molecule has 6 heteroatoms. The Morgan fingerprint density at radius 2 is 2.18 bits per heavy atom. The number of amides is 1. The summed E-state index contributed by atoms with van der Waals surface area (Å²) in [5.41, 5.74) is 1.84. The third-order valence-corrected chi connectivity index (χ3v) is 5.03. The highest BCUT2D eigenvalue weighted by molar-refractivity contribution is 7.99. The fraction of sp³-hybridized carbons (Fsp3) is 0.562. The van der Waals surface area contributed by atoms with Crippen LogP contribution in [0.1, 0.15) is 18.9 Å². The monoisotopic (exact) mass is 342 g/mol. The summed E-state index contributed by atoms with van der Waals surface area (Å²) in [5.74, 6) is 0.0267. The van der Waals surface area contributed by atoms with Crippen molar-refractivity contribution in [2.45, 2.75) is 25.1 Å². The van der Waals surface area contributed by atoms with Crippen molar-refractivity contribution in [2.75, 3.05) is 37.9 Å². The molecule has 1 atom stereocenters. The first-order valence-electron chi connectivity index (χ1n) is 7.49. The summed E-state index contributed by atoms with van der Waals surface area (Å²) < 4.78 is 5.35. The first-order chi connectivity index (χ1) is 10.6. The molecule has 0 aliphatic carbocycles. The zero-order valence-corrected chi connectivity index (χ0v) is 14.7. The number of hydrogen-bond acceptors (Lipinski definition) is 4. The van der Waals surface area contributed by atoms with Crippen LogP contribution in [0.15, 0.2) is 18.2 Å². The molecule has 1 fully saturated rings. The van der Waals surface area contributed by atoms with Crippen molar-refractivity contribution in [2.24, 2.45) is 0 Å². The SMILES string of the molecule is CS[C@H](C)CC(=O)Nc1ccc(CN2CCOCC2)c(Cl)c1. The zero-order valence-electron chi connectivity index (χ0n) is 13.1. The summed E-state index contributed by atoms with van der Waals surface area (Å²) in [4.78, 5) is 14.2. The Morgan fingerprint density at radius 3 is 2.82 bits per heavy atom. The first kappa shape index (κ1) is 17.6. The summed E-state index contributed by atoms with van der Waals surface area (Å²) in [6, 6.07) is 5.74. The van der Waals surface area contributed by atoms with E-state index in [2.05, 4.69) is 10.2 Å². The van der Waals surface area contributed by atoms with Crippen molar-refractivity contribution < 1.29 is 9.53 Å². The van der Waals surface area contributed by atoms with E-state index >= 15 is 0 Å². The Balaban J connectivity index is 1.92. The predicted molar refractivity (Wildman–Crippen MR) is 93.8 cm³/mol. The van der Waals surface area contributed by atoms with Crippen molar-refractivity contribution in [3.63, 3.8) is 0 Å². The van der Waals surface area contributed by atoms with Gasteiger partial charge in [-0.1, -0.05) is 24.6 Å². The average molecular weight is 343 g/mol. The van der Waals surface area contributed by atoms with E-state index in [1.807, 2.05) is 31.4 Å². The van der Waals surface area contributed by atoms with Gasteiger partial charge in [-0.25, -0.2) is 0 Å². The lowest BCUT2D eigenvalue weighted by molar-refractivity contribution is -0.116. The second-order valence-electron chi connectivity index (χ2n) is 5.49.